The molecule has 0 fully saturated rings. The van der Waals surface area contributed by atoms with Gasteiger partial charge in [-0.3, -0.25) is 14.6 Å². The van der Waals surface area contributed by atoms with Gasteiger partial charge in [0.25, 0.3) is 11.8 Å². The van der Waals surface area contributed by atoms with Gasteiger partial charge in [-0.15, -0.1) is 0 Å². The predicted octanol–water partition coefficient (Wildman–Crippen LogP) is 4.36. The smallest absolute Gasteiger partial charge is 0.354 e. The maximum atomic E-state index is 13.1. The minimum atomic E-state index is -4.56. The van der Waals surface area contributed by atoms with E-state index >= 15 is 0 Å². The van der Waals surface area contributed by atoms with Crippen molar-refractivity contribution in [2.24, 2.45) is 0 Å². The minimum Gasteiger partial charge on any atom is -0.354 e. The first-order chi connectivity index (χ1) is 17.0. The van der Waals surface area contributed by atoms with Crippen LogP contribution in [0.5, 0.6) is 0 Å². The number of halogens is 3. The lowest BCUT2D eigenvalue weighted by Gasteiger charge is -2.20. The standard InChI is InChI=1S/C25H21F3N6O2/c1-13-9-15(22-31-12-18-21(33-22)14(2)10-20(32-18)25(26,27)28)5-6-19(13)34(4)24(36)16-7-8-30-17(11-16)23(35)29-3/h5-12H,1-4H3,(H,29,35). The van der Waals surface area contributed by atoms with Crippen LogP contribution in [0, 0.1) is 13.8 Å². The molecular formula is C25H21F3N6O2. The van der Waals surface area contributed by atoms with Crippen LogP contribution in [0.15, 0.2) is 48.8 Å². The van der Waals surface area contributed by atoms with Crippen LogP contribution in [0.3, 0.4) is 0 Å². The van der Waals surface area contributed by atoms with Gasteiger partial charge >= 0.3 is 6.18 Å². The van der Waals surface area contributed by atoms with Crippen molar-refractivity contribution >= 4 is 28.5 Å². The molecule has 8 nitrogen and oxygen atoms in total. The second kappa shape index (κ2) is 9.33. The van der Waals surface area contributed by atoms with Crippen LogP contribution in [0.2, 0.25) is 0 Å². The van der Waals surface area contributed by atoms with Gasteiger partial charge in [-0.1, -0.05) is 0 Å². The predicted molar refractivity (Wildman–Crippen MR) is 128 cm³/mol. The van der Waals surface area contributed by atoms with Crippen LogP contribution in [-0.4, -0.2) is 45.8 Å². The molecule has 1 aromatic carbocycles. The Bertz CT molecular complexity index is 1500. The van der Waals surface area contributed by atoms with E-state index in [4.69, 9.17) is 0 Å². The Kier molecular flexibility index (Phi) is 6.40. The van der Waals surface area contributed by atoms with Gasteiger partial charge in [0.15, 0.2) is 5.82 Å². The number of fused-ring (bicyclic) bond motifs is 1. The second-order valence-corrected chi connectivity index (χ2v) is 8.12. The molecule has 0 bridgehead atoms. The van der Waals surface area contributed by atoms with Gasteiger partial charge in [-0.25, -0.2) is 15.0 Å². The van der Waals surface area contributed by atoms with Crippen LogP contribution in [0.4, 0.5) is 18.9 Å². The Morgan fingerprint density at radius 2 is 1.72 bits per heavy atom. The molecule has 4 rings (SSSR count). The Hall–Kier alpha value is -4.41. The Morgan fingerprint density at radius 3 is 2.39 bits per heavy atom. The molecule has 0 atom stereocenters. The van der Waals surface area contributed by atoms with E-state index in [1.54, 1.807) is 32.2 Å². The highest BCUT2D eigenvalue weighted by Gasteiger charge is 2.33. The van der Waals surface area contributed by atoms with Crippen LogP contribution < -0.4 is 10.2 Å². The summed E-state index contributed by atoms with van der Waals surface area (Å²) in [6.07, 6.45) is -1.90. The largest absolute Gasteiger partial charge is 0.433 e. The van der Waals surface area contributed by atoms with Gasteiger partial charge in [0.2, 0.25) is 0 Å². The molecule has 0 saturated heterocycles. The molecule has 11 heteroatoms. The third-order valence-electron chi connectivity index (χ3n) is 5.62. The van der Waals surface area contributed by atoms with Crippen molar-refractivity contribution in [2.75, 3.05) is 19.0 Å². The molecule has 3 aromatic heterocycles. The molecular weight excluding hydrogens is 473 g/mol. The van der Waals surface area contributed by atoms with Gasteiger partial charge in [0, 0.05) is 37.1 Å². The van der Waals surface area contributed by atoms with E-state index in [0.717, 1.165) is 11.6 Å². The number of nitrogens with one attached hydrogen (secondary N) is 1. The number of pyridine rings is 2. The molecule has 0 aliphatic heterocycles. The number of benzene rings is 1. The third-order valence-corrected chi connectivity index (χ3v) is 5.62. The van der Waals surface area contributed by atoms with Gasteiger partial charge in [0.1, 0.15) is 16.9 Å². The molecule has 0 unspecified atom stereocenters. The van der Waals surface area contributed by atoms with Gasteiger partial charge in [-0.05, 0) is 61.4 Å². The molecule has 1 N–H and O–H groups in total. The third kappa shape index (κ3) is 4.72. The average Bonchev–Trinajstić information content (AvgIpc) is 2.86. The molecule has 2 amide bonds. The molecule has 36 heavy (non-hydrogen) atoms. The van der Waals surface area contributed by atoms with Gasteiger partial charge < -0.3 is 10.2 Å². The lowest BCUT2D eigenvalue weighted by atomic mass is 10.1. The van der Waals surface area contributed by atoms with E-state index in [0.29, 0.717) is 33.7 Å². The highest BCUT2D eigenvalue weighted by atomic mass is 19.4. The summed E-state index contributed by atoms with van der Waals surface area (Å²) in [5.74, 6) is -0.411. The fourth-order valence-electron chi connectivity index (χ4n) is 3.76. The first-order valence-electron chi connectivity index (χ1n) is 10.8. The lowest BCUT2D eigenvalue weighted by molar-refractivity contribution is -0.141. The van der Waals surface area contributed by atoms with E-state index < -0.39 is 17.8 Å². The van der Waals surface area contributed by atoms with Crippen molar-refractivity contribution in [2.45, 2.75) is 20.0 Å². The summed E-state index contributed by atoms with van der Waals surface area (Å²) >= 11 is 0. The van der Waals surface area contributed by atoms with Crippen LogP contribution >= 0.6 is 0 Å². The average molecular weight is 494 g/mol. The van der Waals surface area contributed by atoms with Gasteiger partial charge in [0.05, 0.1) is 11.7 Å². The van der Waals surface area contributed by atoms with E-state index in [1.165, 1.54) is 36.5 Å². The fourth-order valence-corrected chi connectivity index (χ4v) is 3.76. The van der Waals surface area contributed by atoms with Crippen molar-refractivity contribution in [1.82, 2.24) is 25.3 Å². The number of amides is 2. The second-order valence-electron chi connectivity index (χ2n) is 8.12. The van der Waals surface area contributed by atoms with Crippen LogP contribution in [-0.2, 0) is 6.18 Å². The van der Waals surface area contributed by atoms with Crippen molar-refractivity contribution in [3.63, 3.8) is 0 Å². The van der Waals surface area contributed by atoms with E-state index in [1.807, 2.05) is 6.92 Å². The number of carbonyl (C=O) groups is 2. The number of rotatable bonds is 4. The molecule has 4 aromatic rings. The molecule has 0 radical (unpaired) electrons. The zero-order valence-electron chi connectivity index (χ0n) is 19.8. The Labute approximate surface area is 204 Å². The first-order valence-corrected chi connectivity index (χ1v) is 10.8. The van der Waals surface area contributed by atoms with Crippen LogP contribution in [0.25, 0.3) is 22.4 Å². The van der Waals surface area contributed by atoms with Gasteiger partial charge in [-0.2, -0.15) is 13.2 Å². The lowest BCUT2D eigenvalue weighted by Crippen LogP contribution is -2.28. The van der Waals surface area contributed by atoms with E-state index in [9.17, 15) is 22.8 Å². The number of hydrogen-bond acceptors (Lipinski definition) is 6. The summed E-state index contributed by atoms with van der Waals surface area (Å²) in [4.78, 5) is 42.6. The molecule has 0 aliphatic rings. The summed E-state index contributed by atoms with van der Waals surface area (Å²) < 4.78 is 39.2. The summed E-state index contributed by atoms with van der Waals surface area (Å²) in [5.41, 5.74) is 2.15. The number of aryl methyl sites for hydroxylation is 2. The highest BCUT2D eigenvalue weighted by molar-refractivity contribution is 6.07. The number of aromatic nitrogens is 4. The molecule has 0 spiro atoms. The number of hydrogen-bond donors (Lipinski definition) is 1. The van der Waals surface area contributed by atoms with Crippen molar-refractivity contribution in [3.05, 3.63) is 76.9 Å². The fraction of sp³-hybridized carbons (Fsp3) is 0.200. The summed E-state index contributed by atoms with van der Waals surface area (Å²) in [7, 11) is 3.09. The Balaban J connectivity index is 1.64. The monoisotopic (exact) mass is 494 g/mol. The quantitative estimate of drug-likeness (QED) is 0.453. The minimum absolute atomic E-state index is 0.0539. The van der Waals surface area contributed by atoms with Crippen LogP contribution in [0.1, 0.15) is 37.7 Å². The first kappa shape index (κ1) is 24.7. The molecule has 3 heterocycles. The maximum Gasteiger partial charge on any atom is 0.433 e. The van der Waals surface area contributed by atoms with Crippen molar-refractivity contribution in [3.8, 4) is 11.4 Å². The molecule has 0 aliphatic carbocycles. The molecule has 184 valence electrons. The van der Waals surface area contributed by atoms with E-state index in [2.05, 4.69) is 25.3 Å². The van der Waals surface area contributed by atoms with Crippen molar-refractivity contribution in [1.29, 1.82) is 0 Å². The highest BCUT2D eigenvalue weighted by Crippen LogP contribution is 2.31. The number of nitrogens with zero attached hydrogens (tertiary/aromatic N) is 5. The van der Waals surface area contributed by atoms with E-state index in [-0.39, 0.29) is 17.1 Å². The summed E-state index contributed by atoms with van der Waals surface area (Å²) in [6.45, 7) is 3.36. The number of anilines is 1. The molecule has 0 saturated carbocycles. The number of carbonyl (C=O) groups excluding carboxylic acids is 2. The SMILES string of the molecule is CNC(=O)c1cc(C(=O)N(C)c2ccc(-c3ncc4nc(C(F)(F)F)cc(C)c4n3)cc2C)ccn1. The normalized spacial score (nSPS) is 11.4. The zero-order valence-corrected chi connectivity index (χ0v) is 19.8. The number of alkyl halides is 3. The summed E-state index contributed by atoms with van der Waals surface area (Å²) in [5, 5.41) is 2.47. The Morgan fingerprint density at radius 1 is 0.972 bits per heavy atom. The topological polar surface area (TPSA) is 101 Å². The summed E-state index contributed by atoms with van der Waals surface area (Å²) in [6, 6.07) is 9.15. The maximum absolute atomic E-state index is 13.1. The van der Waals surface area contributed by atoms with Crippen molar-refractivity contribution < 1.29 is 22.8 Å². The zero-order chi connectivity index (χ0) is 26.2.